The molecule has 0 heterocycles. The number of halogens is 1. The van der Waals surface area contributed by atoms with Gasteiger partial charge in [0.2, 0.25) is 0 Å². The zero-order valence-corrected chi connectivity index (χ0v) is 9.06. The van der Waals surface area contributed by atoms with Gasteiger partial charge in [-0.05, 0) is 49.3 Å². The van der Waals surface area contributed by atoms with Crippen LogP contribution in [0.25, 0.3) is 0 Å². The van der Waals surface area contributed by atoms with Crippen LogP contribution in [0.5, 0.6) is 0 Å². The van der Waals surface area contributed by atoms with Crippen LogP contribution in [0.2, 0.25) is 0 Å². The van der Waals surface area contributed by atoms with Crippen LogP contribution < -0.4 is 0 Å². The maximum absolute atomic E-state index is 12.8. The lowest BCUT2D eigenvalue weighted by Gasteiger charge is -2.27. The van der Waals surface area contributed by atoms with Gasteiger partial charge >= 0.3 is 0 Å². The summed E-state index contributed by atoms with van der Waals surface area (Å²) in [6.45, 7) is 0.531. The van der Waals surface area contributed by atoms with Crippen molar-refractivity contribution in [3.63, 3.8) is 0 Å². The van der Waals surface area contributed by atoms with Crippen molar-refractivity contribution in [2.24, 2.45) is 0 Å². The largest absolute Gasteiger partial charge is 0.465 e. The molecule has 0 aromatic heterocycles. The highest BCUT2D eigenvalue weighted by Gasteiger charge is 2.22. The SMILES string of the molecule is O=COC1CCC(c2ccc(F)cc2)CC1. The average Bonchev–Trinajstić information content (AvgIpc) is 2.32. The van der Waals surface area contributed by atoms with Crippen molar-refractivity contribution in [3.05, 3.63) is 35.6 Å². The van der Waals surface area contributed by atoms with Gasteiger partial charge in [-0.15, -0.1) is 0 Å². The Hall–Kier alpha value is -1.38. The third-order valence-electron chi connectivity index (χ3n) is 3.26. The van der Waals surface area contributed by atoms with Crippen molar-refractivity contribution >= 4 is 6.47 Å². The van der Waals surface area contributed by atoms with Crippen LogP contribution in [0.1, 0.15) is 37.2 Å². The average molecular weight is 222 g/mol. The van der Waals surface area contributed by atoms with Crippen molar-refractivity contribution in [2.45, 2.75) is 37.7 Å². The Labute approximate surface area is 94.4 Å². The maximum Gasteiger partial charge on any atom is 0.293 e. The van der Waals surface area contributed by atoms with Crippen molar-refractivity contribution in [2.75, 3.05) is 0 Å². The number of carbonyl (C=O) groups excluding carboxylic acids is 1. The number of hydrogen-bond acceptors (Lipinski definition) is 2. The second-order valence-corrected chi connectivity index (χ2v) is 4.26. The predicted octanol–water partition coefficient (Wildman–Crippen LogP) is 3.02. The Morgan fingerprint density at radius 3 is 2.31 bits per heavy atom. The van der Waals surface area contributed by atoms with Crippen molar-refractivity contribution in [1.82, 2.24) is 0 Å². The third kappa shape index (κ3) is 2.60. The molecule has 0 amide bonds. The lowest BCUT2D eigenvalue weighted by Crippen LogP contribution is -2.20. The van der Waals surface area contributed by atoms with Gasteiger partial charge in [0.1, 0.15) is 11.9 Å². The summed E-state index contributed by atoms with van der Waals surface area (Å²) >= 11 is 0. The standard InChI is InChI=1S/C13H15FO2/c14-12-5-1-10(2-6-12)11-3-7-13(8-4-11)16-9-15/h1-2,5-6,9,11,13H,3-4,7-8H2. The normalized spacial score (nSPS) is 25.1. The summed E-state index contributed by atoms with van der Waals surface area (Å²) in [5, 5.41) is 0. The molecule has 0 saturated heterocycles. The summed E-state index contributed by atoms with van der Waals surface area (Å²) in [6.07, 6.45) is 3.89. The fraction of sp³-hybridized carbons (Fsp3) is 0.462. The zero-order valence-electron chi connectivity index (χ0n) is 9.06. The minimum Gasteiger partial charge on any atom is -0.465 e. The Kier molecular flexibility index (Phi) is 3.54. The molecule has 1 aromatic rings. The molecular formula is C13H15FO2. The van der Waals surface area contributed by atoms with Crippen LogP contribution in [0.4, 0.5) is 4.39 Å². The highest BCUT2D eigenvalue weighted by atomic mass is 19.1. The van der Waals surface area contributed by atoms with E-state index >= 15 is 0 Å². The van der Waals surface area contributed by atoms with Crippen LogP contribution in [0.15, 0.2) is 24.3 Å². The monoisotopic (exact) mass is 222 g/mol. The molecule has 2 nitrogen and oxygen atoms in total. The van der Waals surface area contributed by atoms with Gasteiger partial charge in [-0.3, -0.25) is 4.79 Å². The summed E-state index contributed by atoms with van der Waals surface area (Å²) in [5.41, 5.74) is 1.19. The van der Waals surface area contributed by atoms with E-state index in [4.69, 9.17) is 4.74 Å². The summed E-state index contributed by atoms with van der Waals surface area (Å²) in [7, 11) is 0. The number of hydrogen-bond donors (Lipinski definition) is 0. The van der Waals surface area contributed by atoms with E-state index in [1.54, 1.807) is 0 Å². The van der Waals surface area contributed by atoms with Crippen LogP contribution in [0.3, 0.4) is 0 Å². The minimum absolute atomic E-state index is 0.0780. The molecular weight excluding hydrogens is 207 g/mol. The zero-order chi connectivity index (χ0) is 11.4. The van der Waals surface area contributed by atoms with E-state index in [0.717, 1.165) is 25.7 Å². The van der Waals surface area contributed by atoms with Gasteiger partial charge < -0.3 is 4.74 Å². The Bertz CT molecular complexity index is 339. The van der Waals surface area contributed by atoms with Crippen molar-refractivity contribution in [1.29, 1.82) is 0 Å². The van der Waals surface area contributed by atoms with E-state index in [2.05, 4.69) is 0 Å². The third-order valence-corrected chi connectivity index (χ3v) is 3.26. The van der Waals surface area contributed by atoms with Crippen LogP contribution in [-0.4, -0.2) is 12.6 Å². The Morgan fingerprint density at radius 1 is 1.12 bits per heavy atom. The quantitative estimate of drug-likeness (QED) is 0.735. The van der Waals surface area contributed by atoms with Gasteiger partial charge in [0.25, 0.3) is 6.47 Å². The molecule has 1 saturated carbocycles. The smallest absolute Gasteiger partial charge is 0.293 e. The summed E-state index contributed by atoms with van der Waals surface area (Å²) in [5.74, 6) is 0.286. The molecule has 0 N–H and O–H groups in total. The fourth-order valence-corrected chi connectivity index (χ4v) is 2.35. The molecule has 1 fully saturated rings. The highest BCUT2D eigenvalue weighted by Crippen LogP contribution is 2.33. The van der Waals surface area contributed by atoms with Gasteiger partial charge in [0.05, 0.1) is 0 Å². The van der Waals surface area contributed by atoms with Gasteiger partial charge in [0, 0.05) is 0 Å². The Balaban J connectivity index is 1.93. The summed E-state index contributed by atoms with van der Waals surface area (Å²) < 4.78 is 17.7. The predicted molar refractivity (Wildman–Crippen MR) is 58.5 cm³/mol. The van der Waals surface area contributed by atoms with E-state index in [-0.39, 0.29) is 11.9 Å². The minimum atomic E-state index is -0.193. The molecule has 0 aliphatic heterocycles. The first-order valence-corrected chi connectivity index (χ1v) is 5.64. The van der Waals surface area contributed by atoms with E-state index in [9.17, 15) is 9.18 Å². The van der Waals surface area contributed by atoms with Crippen molar-refractivity contribution < 1.29 is 13.9 Å². The first-order valence-electron chi connectivity index (χ1n) is 5.64. The second kappa shape index (κ2) is 5.10. The molecule has 0 spiro atoms. The number of carbonyl (C=O) groups is 1. The molecule has 0 radical (unpaired) electrons. The van der Waals surface area contributed by atoms with E-state index in [1.165, 1.54) is 17.7 Å². The van der Waals surface area contributed by atoms with E-state index < -0.39 is 0 Å². The molecule has 2 rings (SSSR count). The van der Waals surface area contributed by atoms with Crippen molar-refractivity contribution in [3.8, 4) is 0 Å². The molecule has 1 aliphatic rings. The van der Waals surface area contributed by atoms with E-state index in [1.807, 2.05) is 12.1 Å². The molecule has 16 heavy (non-hydrogen) atoms. The number of rotatable bonds is 3. The topological polar surface area (TPSA) is 26.3 Å². The van der Waals surface area contributed by atoms with Gasteiger partial charge in [-0.2, -0.15) is 0 Å². The molecule has 1 aromatic carbocycles. The fourth-order valence-electron chi connectivity index (χ4n) is 2.35. The maximum atomic E-state index is 12.8. The number of benzene rings is 1. The van der Waals surface area contributed by atoms with Crippen LogP contribution >= 0.6 is 0 Å². The van der Waals surface area contributed by atoms with Gasteiger partial charge in [-0.1, -0.05) is 12.1 Å². The molecule has 3 heteroatoms. The number of ether oxygens (including phenoxy) is 1. The second-order valence-electron chi connectivity index (χ2n) is 4.26. The Morgan fingerprint density at radius 2 is 1.75 bits per heavy atom. The lowest BCUT2D eigenvalue weighted by molar-refractivity contribution is -0.135. The molecule has 0 unspecified atom stereocenters. The van der Waals surface area contributed by atoms with Crippen LogP contribution in [-0.2, 0) is 9.53 Å². The first-order chi connectivity index (χ1) is 7.79. The van der Waals surface area contributed by atoms with Gasteiger partial charge in [0.15, 0.2) is 0 Å². The van der Waals surface area contributed by atoms with E-state index in [0.29, 0.717) is 12.4 Å². The molecule has 1 aliphatic carbocycles. The summed E-state index contributed by atoms with van der Waals surface area (Å²) in [4.78, 5) is 10.2. The highest BCUT2D eigenvalue weighted by molar-refractivity contribution is 5.37. The molecule has 86 valence electrons. The first kappa shape index (κ1) is 11.1. The van der Waals surface area contributed by atoms with Gasteiger partial charge in [-0.25, -0.2) is 4.39 Å². The summed E-state index contributed by atoms with van der Waals surface area (Å²) in [6, 6.07) is 6.70. The van der Waals surface area contributed by atoms with Crippen LogP contribution in [0, 0.1) is 5.82 Å². The lowest BCUT2D eigenvalue weighted by atomic mass is 9.83. The molecule has 0 bridgehead atoms. The molecule has 0 atom stereocenters.